The van der Waals surface area contributed by atoms with Gasteiger partial charge in [-0.2, -0.15) is 0 Å². The number of anilines is 1. The Morgan fingerprint density at radius 2 is 2.00 bits per heavy atom. The monoisotopic (exact) mass is 219 g/mol. The average molecular weight is 219 g/mol. The van der Waals surface area contributed by atoms with Crippen LogP contribution in [0.4, 0.5) is 10.1 Å². The van der Waals surface area contributed by atoms with Gasteiger partial charge in [-0.3, -0.25) is 4.79 Å². The van der Waals surface area contributed by atoms with Crippen molar-refractivity contribution >= 4 is 22.4 Å². The van der Waals surface area contributed by atoms with Crippen LogP contribution in [0.1, 0.15) is 6.92 Å². The van der Waals surface area contributed by atoms with Gasteiger partial charge >= 0.3 is 0 Å². The Kier molecular flexibility index (Phi) is 2.48. The van der Waals surface area contributed by atoms with Crippen molar-refractivity contribution in [3.63, 3.8) is 0 Å². The smallest absolute Gasteiger partial charge is 0.221 e. The molecule has 82 valence electrons. The molecule has 2 rings (SSSR count). The molecule has 0 saturated carbocycles. The van der Waals surface area contributed by atoms with E-state index in [0.717, 1.165) is 0 Å². The van der Waals surface area contributed by atoms with Crippen molar-refractivity contribution in [2.24, 2.45) is 0 Å². The number of benzene rings is 2. The van der Waals surface area contributed by atoms with Gasteiger partial charge in [0, 0.05) is 23.4 Å². The van der Waals surface area contributed by atoms with Crippen LogP contribution < -0.4 is 5.32 Å². The highest BCUT2D eigenvalue weighted by Gasteiger charge is 2.08. The molecule has 0 fully saturated rings. The highest BCUT2D eigenvalue weighted by molar-refractivity contribution is 6.03. The molecule has 1 amide bonds. The van der Waals surface area contributed by atoms with Gasteiger partial charge in [0.05, 0.1) is 0 Å². The van der Waals surface area contributed by atoms with Crippen LogP contribution in [-0.2, 0) is 4.79 Å². The highest BCUT2D eigenvalue weighted by atomic mass is 19.1. The second-order valence-corrected chi connectivity index (χ2v) is 3.48. The summed E-state index contributed by atoms with van der Waals surface area (Å²) in [6, 6.07) is 7.63. The topological polar surface area (TPSA) is 49.3 Å². The highest BCUT2D eigenvalue weighted by Crippen LogP contribution is 2.31. The number of carbonyl (C=O) groups excluding carboxylic acids is 1. The van der Waals surface area contributed by atoms with Crippen LogP contribution in [0.2, 0.25) is 0 Å². The minimum atomic E-state index is -0.674. The number of nitrogens with one attached hydrogen (secondary N) is 1. The first-order chi connectivity index (χ1) is 7.59. The van der Waals surface area contributed by atoms with E-state index in [9.17, 15) is 14.3 Å². The Labute approximate surface area is 91.5 Å². The number of carbonyl (C=O) groups is 1. The van der Waals surface area contributed by atoms with Crippen molar-refractivity contribution in [2.45, 2.75) is 6.92 Å². The Bertz CT molecular complexity index is 566. The molecule has 0 aromatic heterocycles. The van der Waals surface area contributed by atoms with Crippen molar-refractivity contribution in [1.82, 2.24) is 0 Å². The summed E-state index contributed by atoms with van der Waals surface area (Å²) >= 11 is 0. The maximum Gasteiger partial charge on any atom is 0.221 e. The van der Waals surface area contributed by atoms with Crippen LogP contribution in [-0.4, -0.2) is 11.0 Å². The van der Waals surface area contributed by atoms with Crippen LogP contribution >= 0.6 is 0 Å². The van der Waals surface area contributed by atoms with Gasteiger partial charge < -0.3 is 10.4 Å². The Morgan fingerprint density at radius 3 is 2.69 bits per heavy atom. The predicted molar refractivity (Wildman–Crippen MR) is 59.9 cm³/mol. The Hall–Kier alpha value is -2.10. The Morgan fingerprint density at radius 1 is 1.25 bits per heavy atom. The van der Waals surface area contributed by atoms with Crippen molar-refractivity contribution in [1.29, 1.82) is 0 Å². The largest absolute Gasteiger partial charge is 0.504 e. The zero-order valence-corrected chi connectivity index (χ0v) is 8.62. The van der Waals surface area contributed by atoms with Gasteiger partial charge in [0.2, 0.25) is 5.91 Å². The fourth-order valence-electron chi connectivity index (χ4n) is 1.61. The van der Waals surface area contributed by atoms with Gasteiger partial charge in [0.1, 0.15) is 0 Å². The molecule has 0 radical (unpaired) electrons. The molecule has 0 aliphatic carbocycles. The lowest BCUT2D eigenvalue weighted by Crippen LogP contribution is -2.05. The summed E-state index contributed by atoms with van der Waals surface area (Å²) in [6.07, 6.45) is 0. The SMILES string of the molecule is CC(=O)Nc1cccc2c(O)c(F)ccc12. The molecule has 3 nitrogen and oxygen atoms in total. The van der Waals surface area contributed by atoms with Gasteiger partial charge in [-0.1, -0.05) is 12.1 Å². The molecule has 0 spiro atoms. The van der Waals surface area contributed by atoms with Crippen LogP contribution in [0.15, 0.2) is 30.3 Å². The van der Waals surface area contributed by atoms with Crippen LogP contribution in [0.5, 0.6) is 5.75 Å². The molecule has 0 unspecified atom stereocenters. The third-order valence-electron chi connectivity index (χ3n) is 2.29. The molecule has 2 aromatic carbocycles. The molecule has 0 aliphatic heterocycles. The first kappa shape index (κ1) is 10.4. The molecule has 0 aliphatic rings. The molecular formula is C12H10FNO2. The summed E-state index contributed by atoms with van der Waals surface area (Å²) in [5.74, 6) is -1.28. The number of fused-ring (bicyclic) bond motifs is 1. The molecule has 2 N–H and O–H groups in total. The van der Waals surface area contributed by atoms with Crippen molar-refractivity contribution < 1.29 is 14.3 Å². The summed E-state index contributed by atoms with van der Waals surface area (Å²) in [5, 5.41) is 13.1. The summed E-state index contributed by atoms with van der Waals surface area (Å²) in [7, 11) is 0. The third kappa shape index (κ3) is 1.69. The second kappa shape index (κ2) is 3.81. The quantitative estimate of drug-likeness (QED) is 0.774. The van der Waals surface area contributed by atoms with E-state index >= 15 is 0 Å². The standard InChI is InChI=1S/C12H10FNO2/c1-7(15)14-11-4-2-3-9-8(11)5-6-10(13)12(9)16/h2-6,16H,1H3,(H,14,15). The zero-order chi connectivity index (χ0) is 11.7. The molecule has 4 heteroatoms. The summed E-state index contributed by atoms with van der Waals surface area (Å²) in [4.78, 5) is 11.0. The van der Waals surface area contributed by atoms with Crippen LogP contribution in [0, 0.1) is 5.82 Å². The molecule has 0 heterocycles. The number of hydrogen-bond acceptors (Lipinski definition) is 2. The lowest BCUT2D eigenvalue weighted by Gasteiger charge is -2.08. The molecule has 16 heavy (non-hydrogen) atoms. The van der Waals surface area contributed by atoms with Gasteiger partial charge in [-0.25, -0.2) is 4.39 Å². The first-order valence-corrected chi connectivity index (χ1v) is 4.77. The first-order valence-electron chi connectivity index (χ1n) is 4.77. The number of phenols is 1. The molecule has 2 aromatic rings. The van der Waals surface area contributed by atoms with E-state index in [1.807, 2.05) is 0 Å². The number of hydrogen-bond donors (Lipinski definition) is 2. The van der Waals surface area contributed by atoms with Gasteiger partial charge in [0.25, 0.3) is 0 Å². The van der Waals surface area contributed by atoms with E-state index in [0.29, 0.717) is 16.5 Å². The third-order valence-corrected chi connectivity index (χ3v) is 2.29. The van der Waals surface area contributed by atoms with Crippen molar-refractivity contribution in [2.75, 3.05) is 5.32 Å². The van der Waals surface area contributed by atoms with Crippen molar-refractivity contribution in [3.8, 4) is 5.75 Å². The van der Waals surface area contributed by atoms with Crippen molar-refractivity contribution in [3.05, 3.63) is 36.1 Å². The maximum atomic E-state index is 13.1. The predicted octanol–water partition coefficient (Wildman–Crippen LogP) is 2.64. The summed E-state index contributed by atoms with van der Waals surface area (Å²) in [5.41, 5.74) is 0.556. The number of halogens is 1. The zero-order valence-electron chi connectivity index (χ0n) is 8.62. The van der Waals surface area contributed by atoms with Crippen LogP contribution in [0.25, 0.3) is 10.8 Å². The van der Waals surface area contributed by atoms with Crippen LogP contribution in [0.3, 0.4) is 0 Å². The summed E-state index contributed by atoms with van der Waals surface area (Å²) < 4.78 is 13.1. The minimum absolute atomic E-state index is 0.212. The maximum absolute atomic E-state index is 13.1. The number of amides is 1. The van der Waals surface area contributed by atoms with Gasteiger partial charge in [-0.15, -0.1) is 0 Å². The number of aromatic hydroxyl groups is 1. The molecular weight excluding hydrogens is 209 g/mol. The fraction of sp³-hybridized carbons (Fsp3) is 0.0833. The number of rotatable bonds is 1. The lowest BCUT2D eigenvalue weighted by molar-refractivity contribution is -0.114. The normalized spacial score (nSPS) is 10.4. The summed E-state index contributed by atoms with van der Waals surface area (Å²) in [6.45, 7) is 1.39. The Balaban J connectivity index is 2.69. The van der Waals surface area contributed by atoms with E-state index in [4.69, 9.17) is 0 Å². The fourth-order valence-corrected chi connectivity index (χ4v) is 1.61. The van der Waals surface area contributed by atoms with E-state index in [2.05, 4.69) is 5.32 Å². The van der Waals surface area contributed by atoms with E-state index < -0.39 is 11.6 Å². The average Bonchev–Trinajstić information content (AvgIpc) is 2.23. The van der Waals surface area contributed by atoms with E-state index in [1.54, 1.807) is 18.2 Å². The molecule has 0 saturated heterocycles. The van der Waals surface area contributed by atoms with Gasteiger partial charge in [-0.05, 0) is 18.2 Å². The minimum Gasteiger partial charge on any atom is -0.504 e. The number of phenolic OH excluding ortho intramolecular Hbond substituents is 1. The molecule has 0 atom stereocenters. The van der Waals surface area contributed by atoms with Gasteiger partial charge in [0.15, 0.2) is 11.6 Å². The van der Waals surface area contributed by atoms with E-state index in [-0.39, 0.29) is 5.91 Å². The second-order valence-electron chi connectivity index (χ2n) is 3.48. The van der Waals surface area contributed by atoms with E-state index in [1.165, 1.54) is 19.1 Å². The lowest BCUT2D eigenvalue weighted by atomic mass is 10.1. The molecule has 0 bridgehead atoms.